The number of amides is 3. The van der Waals surface area contributed by atoms with E-state index in [2.05, 4.69) is 87.0 Å². The van der Waals surface area contributed by atoms with Gasteiger partial charge in [0.2, 0.25) is 17.7 Å². The van der Waals surface area contributed by atoms with Crippen molar-refractivity contribution in [3.8, 4) is 10.6 Å². The maximum Gasteiger partial charge on any atom is 0.242 e. The number of nitrogens with one attached hydrogen (secondary N) is 3. The highest BCUT2D eigenvalue weighted by atomic mass is 32.1. The van der Waals surface area contributed by atoms with Crippen molar-refractivity contribution in [2.45, 2.75) is 52.4 Å². The van der Waals surface area contributed by atoms with Crippen molar-refractivity contribution in [1.29, 1.82) is 0 Å². The molecule has 4 heterocycles. The quantitative estimate of drug-likeness (QED) is 0.150. The molecule has 2 fully saturated rings. The molecule has 0 bridgehead atoms. The summed E-state index contributed by atoms with van der Waals surface area (Å²) in [5.74, 6) is 0.175. The van der Waals surface area contributed by atoms with Crippen LogP contribution in [-0.4, -0.2) is 104 Å². The van der Waals surface area contributed by atoms with Crippen LogP contribution in [0.5, 0.6) is 0 Å². The number of Topliss-reactive ketones (excluding diaryl/α,β-unsaturated/α-hetero) is 1. The highest BCUT2D eigenvalue weighted by Gasteiger charge is 2.22. The van der Waals surface area contributed by atoms with Gasteiger partial charge in [0.05, 0.1) is 36.4 Å². The Morgan fingerprint density at radius 2 is 1.49 bits per heavy atom. The Kier molecular flexibility index (Phi) is 15.1. The minimum absolute atomic E-state index is 0.00114. The van der Waals surface area contributed by atoms with E-state index in [-0.39, 0.29) is 49.7 Å². The van der Waals surface area contributed by atoms with Crippen LogP contribution in [0, 0.1) is 6.92 Å². The summed E-state index contributed by atoms with van der Waals surface area (Å²) < 4.78 is 1.11. The number of anilines is 2. The average molecular weight is 741 g/mol. The molecule has 3 amide bonds. The molecule has 2 saturated heterocycles. The van der Waals surface area contributed by atoms with Gasteiger partial charge in [0, 0.05) is 63.1 Å². The number of aromatic nitrogens is 2. The van der Waals surface area contributed by atoms with E-state index < -0.39 is 0 Å². The SMILES string of the molecule is CCCCCC(=O)CNC(=O)CNCC(=O)NCC(=O)N1CCN(c2ccc3nc(-c4ccc(N5CCCC5)nc4)sc3c2)CC1.Cc1ccccc1. The lowest BCUT2D eigenvalue weighted by Crippen LogP contribution is -2.51. The molecule has 0 atom stereocenters. The lowest BCUT2D eigenvalue weighted by atomic mass is 10.1. The highest BCUT2D eigenvalue weighted by Crippen LogP contribution is 2.33. The van der Waals surface area contributed by atoms with E-state index in [0.717, 1.165) is 64.6 Å². The predicted octanol–water partition coefficient (Wildman–Crippen LogP) is 4.57. The summed E-state index contributed by atoms with van der Waals surface area (Å²) in [5.41, 5.74) is 4.40. The topological polar surface area (TPSA) is 140 Å². The first-order chi connectivity index (χ1) is 25.8. The van der Waals surface area contributed by atoms with Gasteiger partial charge in [-0.15, -0.1) is 11.3 Å². The summed E-state index contributed by atoms with van der Waals surface area (Å²) in [6.45, 7) is 8.53. The molecule has 0 radical (unpaired) electrons. The van der Waals surface area contributed by atoms with Gasteiger partial charge in [-0.05, 0) is 56.5 Å². The Balaban J connectivity index is 0.000000693. The Hall–Kier alpha value is -4.88. The summed E-state index contributed by atoms with van der Waals surface area (Å²) in [6.07, 6.45) is 7.69. The van der Waals surface area contributed by atoms with E-state index in [4.69, 9.17) is 4.98 Å². The fourth-order valence-corrected chi connectivity index (χ4v) is 7.17. The average Bonchev–Trinajstić information content (AvgIpc) is 3.88. The first-order valence-electron chi connectivity index (χ1n) is 18.7. The second-order valence-corrected chi connectivity index (χ2v) is 14.5. The van der Waals surface area contributed by atoms with Crippen LogP contribution in [-0.2, 0) is 19.2 Å². The van der Waals surface area contributed by atoms with Crippen LogP contribution in [0.25, 0.3) is 20.8 Å². The fourth-order valence-electron chi connectivity index (χ4n) is 6.19. The highest BCUT2D eigenvalue weighted by molar-refractivity contribution is 7.21. The number of carbonyl (C=O) groups is 4. The van der Waals surface area contributed by atoms with Crippen LogP contribution in [0.1, 0.15) is 51.0 Å². The molecule has 282 valence electrons. The number of nitrogens with zero attached hydrogens (tertiary/aromatic N) is 5. The maximum absolute atomic E-state index is 12.7. The van der Waals surface area contributed by atoms with Gasteiger partial charge in [-0.2, -0.15) is 0 Å². The van der Waals surface area contributed by atoms with Crippen LogP contribution in [0.4, 0.5) is 11.5 Å². The molecule has 0 aliphatic carbocycles. The largest absolute Gasteiger partial charge is 0.368 e. The lowest BCUT2D eigenvalue weighted by molar-refractivity contribution is -0.133. The summed E-state index contributed by atoms with van der Waals surface area (Å²) in [6, 6.07) is 20.8. The van der Waals surface area contributed by atoms with E-state index in [1.807, 2.05) is 24.4 Å². The first-order valence-corrected chi connectivity index (χ1v) is 19.5. The van der Waals surface area contributed by atoms with E-state index in [9.17, 15) is 19.2 Å². The molecular weight excluding hydrogens is 689 g/mol. The molecule has 6 rings (SSSR count). The Bertz CT molecular complexity index is 1790. The molecule has 2 aliphatic rings. The maximum atomic E-state index is 12.7. The van der Waals surface area contributed by atoms with E-state index in [1.54, 1.807) is 16.2 Å². The fraction of sp³-hybridized carbons (Fsp3) is 0.450. The molecule has 2 aromatic carbocycles. The molecule has 4 aromatic rings. The number of pyridine rings is 1. The number of ketones is 1. The standard InChI is InChI=1S/C33H44N8O4S.C7H8/c1-2-3-4-7-26(42)20-36-30(43)21-34-22-31(44)37-23-32(45)41-16-14-39(15-17-41)25-9-10-27-28(18-25)46-33(38-27)24-8-11-29(35-19-24)40-12-5-6-13-40;1-7-5-3-2-4-6-7/h8-11,18-19,34H,2-7,12-17,20-23H2,1H3,(H,36,43)(H,37,44);2-6H,1H3. The zero-order valence-electron chi connectivity index (χ0n) is 30.9. The number of unbranched alkanes of at least 4 members (excludes halogenated alkanes) is 2. The van der Waals surface area contributed by atoms with E-state index in [1.165, 1.54) is 18.4 Å². The van der Waals surface area contributed by atoms with Crippen molar-refractivity contribution < 1.29 is 19.2 Å². The van der Waals surface area contributed by atoms with Gasteiger partial charge in [0.1, 0.15) is 10.8 Å². The minimum Gasteiger partial charge on any atom is -0.368 e. The monoisotopic (exact) mass is 740 g/mol. The summed E-state index contributed by atoms with van der Waals surface area (Å²) in [5, 5.41) is 8.89. The molecule has 3 N–H and O–H groups in total. The smallest absolute Gasteiger partial charge is 0.242 e. The van der Waals surface area contributed by atoms with Gasteiger partial charge in [0.25, 0.3) is 0 Å². The molecule has 0 unspecified atom stereocenters. The summed E-state index contributed by atoms with van der Waals surface area (Å²) in [4.78, 5) is 64.5. The van der Waals surface area contributed by atoms with Crippen LogP contribution >= 0.6 is 11.3 Å². The Labute approximate surface area is 316 Å². The van der Waals surface area contributed by atoms with Gasteiger partial charge in [-0.25, -0.2) is 9.97 Å². The summed E-state index contributed by atoms with van der Waals surface area (Å²) in [7, 11) is 0. The van der Waals surface area contributed by atoms with Crippen molar-refractivity contribution in [3.05, 3.63) is 72.4 Å². The molecule has 2 aromatic heterocycles. The van der Waals surface area contributed by atoms with Gasteiger partial charge in [-0.3, -0.25) is 24.5 Å². The number of hydrogen-bond acceptors (Lipinski definition) is 10. The molecule has 2 aliphatic heterocycles. The van der Waals surface area contributed by atoms with Gasteiger partial charge in [0.15, 0.2) is 5.78 Å². The van der Waals surface area contributed by atoms with E-state index >= 15 is 0 Å². The lowest BCUT2D eigenvalue weighted by Gasteiger charge is -2.36. The molecule has 0 saturated carbocycles. The number of benzene rings is 2. The molecular formula is C40H52N8O4S. The third-order valence-electron chi connectivity index (χ3n) is 9.28. The number of thiazole rings is 1. The number of fused-ring (bicyclic) bond motifs is 1. The van der Waals surface area contributed by atoms with Crippen molar-refractivity contribution in [3.63, 3.8) is 0 Å². The second kappa shape index (κ2) is 20.4. The third kappa shape index (κ3) is 12.4. The van der Waals surface area contributed by atoms with Crippen molar-refractivity contribution in [2.75, 3.05) is 75.2 Å². The molecule has 0 spiro atoms. The minimum atomic E-state index is -0.369. The van der Waals surface area contributed by atoms with Crippen LogP contribution in [0.2, 0.25) is 0 Å². The number of piperazine rings is 1. The number of hydrogen-bond donors (Lipinski definition) is 3. The van der Waals surface area contributed by atoms with Gasteiger partial charge in [-0.1, -0.05) is 55.7 Å². The summed E-state index contributed by atoms with van der Waals surface area (Å²) >= 11 is 1.66. The normalized spacial score (nSPS) is 14.1. The van der Waals surface area contributed by atoms with E-state index in [0.29, 0.717) is 32.6 Å². The van der Waals surface area contributed by atoms with Crippen LogP contribution in [0.15, 0.2) is 66.9 Å². The third-order valence-corrected chi connectivity index (χ3v) is 10.4. The van der Waals surface area contributed by atoms with Gasteiger partial charge >= 0.3 is 0 Å². The second-order valence-electron chi connectivity index (χ2n) is 13.4. The van der Waals surface area contributed by atoms with Crippen molar-refractivity contribution in [1.82, 2.24) is 30.8 Å². The number of carbonyl (C=O) groups excluding carboxylic acids is 4. The number of rotatable bonds is 15. The molecule has 53 heavy (non-hydrogen) atoms. The van der Waals surface area contributed by atoms with Crippen LogP contribution < -0.4 is 25.8 Å². The molecule has 12 nitrogen and oxygen atoms in total. The molecule has 13 heteroatoms. The number of aryl methyl sites for hydroxylation is 1. The predicted molar refractivity (Wildman–Crippen MR) is 212 cm³/mol. The first kappa shape index (κ1) is 39.3. The van der Waals surface area contributed by atoms with Crippen molar-refractivity contribution in [2.24, 2.45) is 0 Å². The van der Waals surface area contributed by atoms with Crippen molar-refractivity contribution >= 4 is 56.6 Å². The zero-order valence-corrected chi connectivity index (χ0v) is 31.8. The Morgan fingerprint density at radius 3 is 2.13 bits per heavy atom. The Morgan fingerprint density at radius 1 is 0.774 bits per heavy atom. The van der Waals surface area contributed by atoms with Crippen LogP contribution in [0.3, 0.4) is 0 Å². The zero-order chi connectivity index (χ0) is 37.4. The van der Waals surface area contributed by atoms with Gasteiger partial charge < -0.3 is 25.3 Å².